The van der Waals surface area contributed by atoms with Crippen LogP contribution in [0.4, 0.5) is 0 Å². The molecule has 0 saturated heterocycles. The summed E-state index contributed by atoms with van der Waals surface area (Å²) in [6, 6.07) is 14.1. The molecule has 3 nitrogen and oxygen atoms in total. The van der Waals surface area contributed by atoms with Gasteiger partial charge in [0.2, 0.25) is 0 Å². The SMILES string of the molecule is NCc1cc(Br)ccc1OCC1CCOc2ccccc21. The van der Waals surface area contributed by atoms with Crippen LogP contribution in [-0.2, 0) is 6.54 Å². The quantitative estimate of drug-likeness (QED) is 0.913. The van der Waals surface area contributed by atoms with Crippen molar-refractivity contribution >= 4 is 15.9 Å². The molecule has 2 N–H and O–H groups in total. The smallest absolute Gasteiger partial charge is 0.123 e. The van der Waals surface area contributed by atoms with Crippen LogP contribution in [0.15, 0.2) is 46.9 Å². The second-order valence-electron chi connectivity index (χ2n) is 5.14. The molecule has 0 aromatic heterocycles. The van der Waals surface area contributed by atoms with Gasteiger partial charge in [0.25, 0.3) is 0 Å². The molecule has 0 spiro atoms. The maximum atomic E-state index is 6.02. The minimum atomic E-state index is 0.365. The van der Waals surface area contributed by atoms with E-state index in [2.05, 4.69) is 22.0 Å². The normalized spacial score (nSPS) is 17.0. The summed E-state index contributed by atoms with van der Waals surface area (Å²) in [6.07, 6.45) is 0.978. The molecule has 0 aliphatic carbocycles. The van der Waals surface area contributed by atoms with Crippen molar-refractivity contribution in [2.75, 3.05) is 13.2 Å². The lowest BCUT2D eigenvalue weighted by atomic mass is 9.94. The van der Waals surface area contributed by atoms with Crippen molar-refractivity contribution in [2.45, 2.75) is 18.9 Å². The number of hydrogen-bond acceptors (Lipinski definition) is 3. The first-order chi connectivity index (χ1) is 10.3. The fourth-order valence-corrected chi connectivity index (χ4v) is 3.04. The van der Waals surface area contributed by atoms with Crippen LogP contribution in [0.1, 0.15) is 23.5 Å². The van der Waals surface area contributed by atoms with Crippen molar-refractivity contribution in [1.82, 2.24) is 0 Å². The minimum absolute atomic E-state index is 0.365. The highest BCUT2D eigenvalue weighted by Crippen LogP contribution is 2.34. The van der Waals surface area contributed by atoms with Crippen LogP contribution in [0.5, 0.6) is 11.5 Å². The summed E-state index contributed by atoms with van der Waals surface area (Å²) in [7, 11) is 0. The van der Waals surface area contributed by atoms with Crippen LogP contribution in [0.3, 0.4) is 0 Å². The van der Waals surface area contributed by atoms with Crippen molar-refractivity contribution in [3.05, 3.63) is 58.1 Å². The monoisotopic (exact) mass is 347 g/mol. The molecule has 0 fully saturated rings. The number of hydrogen-bond donors (Lipinski definition) is 1. The van der Waals surface area contributed by atoms with E-state index in [1.54, 1.807) is 0 Å². The van der Waals surface area contributed by atoms with Gasteiger partial charge in [0.15, 0.2) is 0 Å². The van der Waals surface area contributed by atoms with E-state index in [0.29, 0.717) is 19.1 Å². The van der Waals surface area contributed by atoms with E-state index in [-0.39, 0.29) is 0 Å². The highest BCUT2D eigenvalue weighted by molar-refractivity contribution is 9.10. The van der Waals surface area contributed by atoms with Crippen LogP contribution >= 0.6 is 15.9 Å². The number of para-hydroxylation sites is 1. The first-order valence-electron chi connectivity index (χ1n) is 7.11. The van der Waals surface area contributed by atoms with Crippen LogP contribution in [0, 0.1) is 0 Å². The van der Waals surface area contributed by atoms with E-state index in [1.165, 1.54) is 5.56 Å². The Labute approximate surface area is 133 Å². The van der Waals surface area contributed by atoms with Gasteiger partial charge in [-0.15, -0.1) is 0 Å². The third-order valence-corrected chi connectivity index (χ3v) is 4.26. The first-order valence-corrected chi connectivity index (χ1v) is 7.90. The van der Waals surface area contributed by atoms with E-state index in [9.17, 15) is 0 Å². The Balaban J connectivity index is 1.74. The molecule has 21 heavy (non-hydrogen) atoms. The first kappa shape index (κ1) is 14.4. The third kappa shape index (κ3) is 3.22. The maximum absolute atomic E-state index is 6.02. The summed E-state index contributed by atoms with van der Waals surface area (Å²) >= 11 is 3.46. The van der Waals surface area contributed by atoms with E-state index < -0.39 is 0 Å². The second-order valence-corrected chi connectivity index (χ2v) is 6.05. The zero-order chi connectivity index (χ0) is 14.7. The molecule has 1 atom stereocenters. The van der Waals surface area contributed by atoms with Gasteiger partial charge in [-0.25, -0.2) is 0 Å². The predicted octanol–water partition coefficient (Wildman–Crippen LogP) is 3.85. The van der Waals surface area contributed by atoms with Gasteiger partial charge >= 0.3 is 0 Å². The largest absolute Gasteiger partial charge is 0.493 e. The number of fused-ring (bicyclic) bond motifs is 1. The van der Waals surface area contributed by atoms with Gasteiger partial charge in [0, 0.05) is 28.1 Å². The summed E-state index contributed by atoms with van der Waals surface area (Å²) < 4.78 is 12.7. The standard InChI is InChI=1S/C17H18BrNO2/c18-14-5-6-16(13(9-14)10-19)21-11-12-7-8-20-17-4-2-1-3-15(12)17/h1-6,9,12H,7-8,10-11,19H2. The molecule has 0 saturated carbocycles. The van der Waals surface area contributed by atoms with Gasteiger partial charge in [0.1, 0.15) is 11.5 Å². The van der Waals surface area contributed by atoms with Crippen molar-refractivity contribution in [3.63, 3.8) is 0 Å². The Morgan fingerprint density at radius 3 is 2.95 bits per heavy atom. The molecule has 2 aromatic carbocycles. The summed E-state index contributed by atoms with van der Waals surface area (Å²) in [6.45, 7) is 1.86. The van der Waals surface area contributed by atoms with Crippen molar-refractivity contribution in [2.24, 2.45) is 5.73 Å². The molecule has 0 amide bonds. The summed E-state index contributed by atoms with van der Waals surface area (Å²) in [5.74, 6) is 2.21. The van der Waals surface area contributed by atoms with Gasteiger partial charge in [-0.1, -0.05) is 34.1 Å². The van der Waals surface area contributed by atoms with E-state index in [1.807, 2.05) is 36.4 Å². The van der Waals surface area contributed by atoms with Gasteiger partial charge < -0.3 is 15.2 Å². The summed E-state index contributed by atoms with van der Waals surface area (Å²) in [5.41, 5.74) is 8.03. The zero-order valence-electron chi connectivity index (χ0n) is 11.7. The highest BCUT2D eigenvalue weighted by atomic mass is 79.9. The number of benzene rings is 2. The topological polar surface area (TPSA) is 44.5 Å². The molecule has 4 heteroatoms. The number of rotatable bonds is 4. The Kier molecular flexibility index (Phi) is 4.46. The molecule has 1 aliphatic heterocycles. The average molecular weight is 348 g/mol. The molecule has 0 radical (unpaired) electrons. The molecule has 110 valence electrons. The lowest BCUT2D eigenvalue weighted by Gasteiger charge is -2.26. The average Bonchev–Trinajstić information content (AvgIpc) is 2.53. The highest BCUT2D eigenvalue weighted by Gasteiger charge is 2.21. The lowest BCUT2D eigenvalue weighted by Crippen LogP contribution is -2.20. The van der Waals surface area contributed by atoms with Crippen LogP contribution in [0.2, 0.25) is 0 Å². The Hall–Kier alpha value is -1.52. The summed E-state index contributed by atoms with van der Waals surface area (Å²) in [4.78, 5) is 0. The predicted molar refractivity (Wildman–Crippen MR) is 86.8 cm³/mol. The van der Waals surface area contributed by atoms with Crippen molar-refractivity contribution < 1.29 is 9.47 Å². The van der Waals surface area contributed by atoms with Gasteiger partial charge in [-0.2, -0.15) is 0 Å². The second kappa shape index (κ2) is 6.50. The fraction of sp³-hybridized carbons (Fsp3) is 0.294. The Bertz CT molecular complexity index is 630. The maximum Gasteiger partial charge on any atom is 0.123 e. The number of halogens is 1. The summed E-state index contributed by atoms with van der Waals surface area (Å²) in [5, 5.41) is 0. The van der Waals surface area contributed by atoms with Gasteiger partial charge in [0.05, 0.1) is 13.2 Å². The number of ether oxygens (including phenoxy) is 2. The number of nitrogens with two attached hydrogens (primary N) is 1. The Morgan fingerprint density at radius 2 is 2.10 bits per heavy atom. The van der Waals surface area contributed by atoms with Crippen molar-refractivity contribution in [1.29, 1.82) is 0 Å². The lowest BCUT2D eigenvalue weighted by molar-refractivity contribution is 0.216. The third-order valence-electron chi connectivity index (χ3n) is 3.77. The molecular formula is C17H18BrNO2. The minimum Gasteiger partial charge on any atom is -0.493 e. The van der Waals surface area contributed by atoms with Crippen LogP contribution in [-0.4, -0.2) is 13.2 Å². The molecule has 1 aliphatic rings. The molecule has 1 heterocycles. The Morgan fingerprint density at radius 1 is 1.24 bits per heavy atom. The fourth-order valence-electron chi connectivity index (χ4n) is 2.63. The van der Waals surface area contributed by atoms with E-state index in [4.69, 9.17) is 15.2 Å². The zero-order valence-corrected chi connectivity index (χ0v) is 13.3. The molecule has 2 aromatic rings. The van der Waals surface area contributed by atoms with E-state index >= 15 is 0 Å². The molecule has 0 bridgehead atoms. The van der Waals surface area contributed by atoms with Gasteiger partial charge in [-0.05, 0) is 30.7 Å². The van der Waals surface area contributed by atoms with Crippen LogP contribution < -0.4 is 15.2 Å². The molecular weight excluding hydrogens is 330 g/mol. The van der Waals surface area contributed by atoms with Gasteiger partial charge in [-0.3, -0.25) is 0 Å². The van der Waals surface area contributed by atoms with E-state index in [0.717, 1.165) is 34.6 Å². The van der Waals surface area contributed by atoms with Crippen LogP contribution in [0.25, 0.3) is 0 Å². The molecule has 3 rings (SSSR count). The molecule has 1 unspecified atom stereocenters. The van der Waals surface area contributed by atoms with Crippen molar-refractivity contribution in [3.8, 4) is 11.5 Å².